The zero-order valence-electron chi connectivity index (χ0n) is 12.0. The van der Waals surface area contributed by atoms with Gasteiger partial charge in [0.2, 0.25) is 0 Å². The summed E-state index contributed by atoms with van der Waals surface area (Å²) in [6, 6.07) is -1.06. The quantitative estimate of drug-likeness (QED) is 0.234. The van der Waals surface area contributed by atoms with E-state index in [1.54, 1.807) is 0 Å². The lowest BCUT2D eigenvalue weighted by Crippen LogP contribution is -2.60. The average molecular weight is 324 g/mol. The molecule has 1 aliphatic rings. The lowest BCUT2D eigenvalue weighted by atomic mass is 9.99. The van der Waals surface area contributed by atoms with Crippen LogP contribution in [0.15, 0.2) is 0 Å². The van der Waals surface area contributed by atoms with Gasteiger partial charge in [-0.15, -0.1) is 0 Å². The van der Waals surface area contributed by atoms with E-state index in [2.05, 4.69) is 0 Å². The molecule has 0 aromatic carbocycles. The molecular weight excluding hydrogens is 300 g/mol. The van der Waals surface area contributed by atoms with Crippen LogP contribution in [0.25, 0.3) is 0 Å². The van der Waals surface area contributed by atoms with Crippen LogP contribution in [0.4, 0.5) is 0 Å². The van der Waals surface area contributed by atoms with E-state index in [-0.39, 0.29) is 19.4 Å². The largest absolute Gasteiger partial charge is 0.480 e. The molecule has 10 nitrogen and oxygen atoms in total. The molecule has 0 bridgehead atoms. The minimum absolute atomic E-state index is 0.0152. The molecule has 0 aromatic rings. The maximum absolute atomic E-state index is 10.7. The van der Waals surface area contributed by atoms with E-state index in [1.807, 2.05) is 0 Å². The van der Waals surface area contributed by atoms with Crippen molar-refractivity contribution >= 4 is 5.97 Å². The highest BCUT2D eigenvalue weighted by atomic mass is 16.7. The first kappa shape index (κ1) is 19.2. The van der Waals surface area contributed by atoms with Crippen molar-refractivity contribution in [2.24, 2.45) is 11.5 Å². The Balaban J connectivity index is 2.59. The lowest BCUT2D eigenvalue weighted by Gasteiger charge is -2.40. The lowest BCUT2D eigenvalue weighted by molar-refractivity contribution is -0.310. The van der Waals surface area contributed by atoms with Crippen LogP contribution in [-0.2, 0) is 14.3 Å². The number of hydrogen-bond donors (Lipinski definition) is 7. The molecule has 0 aromatic heterocycles. The monoisotopic (exact) mass is 324 g/mol. The maximum atomic E-state index is 10.7. The van der Waals surface area contributed by atoms with E-state index >= 15 is 0 Å². The number of carboxylic acids is 1. The smallest absolute Gasteiger partial charge is 0.320 e. The van der Waals surface area contributed by atoms with Crippen molar-refractivity contribution in [2.75, 3.05) is 13.2 Å². The minimum Gasteiger partial charge on any atom is -0.480 e. The molecule has 1 saturated heterocycles. The van der Waals surface area contributed by atoms with Crippen molar-refractivity contribution in [3.05, 3.63) is 0 Å². The predicted molar refractivity (Wildman–Crippen MR) is 72.5 cm³/mol. The van der Waals surface area contributed by atoms with Gasteiger partial charge in [-0.3, -0.25) is 4.79 Å². The summed E-state index contributed by atoms with van der Waals surface area (Å²) >= 11 is 0. The van der Waals surface area contributed by atoms with Crippen LogP contribution in [0.2, 0.25) is 0 Å². The number of aliphatic hydroxyl groups excluding tert-OH is 4. The van der Waals surface area contributed by atoms with Gasteiger partial charge in [0.25, 0.3) is 0 Å². The molecule has 0 spiro atoms. The van der Waals surface area contributed by atoms with Gasteiger partial charge >= 0.3 is 5.97 Å². The number of rotatable bonds is 8. The van der Waals surface area contributed by atoms with Crippen LogP contribution < -0.4 is 11.5 Å². The van der Waals surface area contributed by atoms with E-state index in [0.717, 1.165) is 0 Å². The summed E-state index contributed by atoms with van der Waals surface area (Å²) < 4.78 is 10.6. The SMILES string of the molecule is NC[C@@H](CC[C@@H](N)C(=O)O)O[C@@H]1OC(CO)[C@H](O)[C@H](O)C1O. The van der Waals surface area contributed by atoms with Crippen molar-refractivity contribution < 1.29 is 39.8 Å². The van der Waals surface area contributed by atoms with Crippen LogP contribution in [0.3, 0.4) is 0 Å². The number of aliphatic carboxylic acids is 1. The molecule has 7 atom stereocenters. The summed E-state index contributed by atoms with van der Waals surface area (Å²) in [7, 11) is 0. The van der Waals surface area contributed by atoms with Gasteiger partial charge in [-0.05, 0) is 12.8 Å². The highest BCUT2D eigenvalue weighted by Gasteiger charge is 2.44. The first-order valence-corrected chi connectivity index (χ1v) is 6.96. The molecule has 0 radical (unpaired) electrons. The summed E-state index contributed by atoms with van der Waals surface area (Å²) in [6.07, 6.45) is -7.28. The Labute approximate surface area is 127 Å². The van der Waals surface area contributed by atoms with Gasteiger partial charge in [0.05, 0.1) is 12.7 Å². The third-order valence-corrected chi connectivity index (χ3v) is 3.55. The molecule has 130 valence electrons. The fraction of sp³-hybridized carbons (Fsp3) is 0.917. The highest BCUT2D eigenvalue weighted by Crippen LogP contribution is 2.23. The van der Waals surface area contributed by atoms with Crippen molar-refractivity contribution in [1.82, 2.24) is 0 Å². The second-order valence-corrected chi connectivity index (χ2v) is 5.21. The van der Waals surface area contributed by atoms with Crippen LogP contribution in [0, 0.1) is 0 Å². The Hall–Kier alpha value is -0.850. The fourth-order valence-corrected chi connectivity index (χ4v) is 2.10. The van der Waals surface area contributed by atoms with E-state index in [0.29, 0.717) is 0 Å². The third kappa shape index (κ3) is 4.83. The summed E-state index contributed by atoms with van der Waals surface area (Å²) in [5.41, 5.74) is 10.9. The van der Waals surface area contributed by atoms with Crippen LogP contribution >= 0.6 is 0 Å². The van der Waals surface area contributed by atoms with E-state index in [4.69, 9.17) is 31.2 Å². The molecule has 9 N–H and O–H groups in total. The number of nitrogens with two attached hydrogens (primary N) is 2. The second-order valence-electron chi connectivity index (χ2n) is 5.21. The fourth-order valence-electron chi connectivity index (χ4n) is 2.10. The van der Waals surface area contributed by atoms with Crippen molar-refractivity contribution in [3.8, 4) is 0 Å². The van der Waals surface area contributed by atoms with Gasteiger partial charge < -0.3 is 46.5 Å². The zero-order valence-corrected chi connectivity index (χ0v) is 12.0. The minimum atomic E-state index is -1.55. The zero-order chi connectivity index (χ0) is 16.9. The van der Waals surface area contributed by atoms with Crippen LogP contribution in [0.1, 0.15) is 12.8 Å². The molecular formula is C12H24N2O8. The maximum Gasteiger partial charge on any atom is 0.320 e. The van der Waals surface area contributed by atoms with Crippen molar-refractivity contribution in [3.63, 3.8) is 0 Å². The second kappa shape index (κ2) is 8.70. The van der Waals surface area contributed by atoms with Gasteiger partial charge in [0.1, 0.15) is 30.5 Å². The Morgan fingerprint density at radius 3 is 2.32 bits per heavy atom. The van der Waals surface area contributed by atoms with Gasteiger partial charge in [-0.25, -0.2) is 0 Å². The van der Waals surface area contributed by atoms with Crippen molar-refractivity contribution in [2.45, 2.75) is 55.7 Å². The number of ether oxygens (including phenoxy) is 2. The van der Waals surface area contributed by atoms with E-state index < -0.39 is 55.4 Å². The molecule has 1 aliphatic heterocycles. The Kier molecular flexibility index (Phi) is 7.59. The summed E-state index contributed by atoms with van der Waals surface area (Å²) in [4.78, 5) is 10.7. The predicted octanol–water partition coefficient (Wildman–Crippen LogP) is -3.68. The van der Waals surface area contributed by atoms with Crippen LogP contribution in [0.5, 0.6) is 0 Å². The highest BCUT2D eigenvalue weighted by molar-refractivity contribution is 5.72. The molecule has 22 heavy (non-hydrogen) atoms. The molecule has 1 rings (SSSR count). The Morgan fingerprint density at radius 1 is 1.18 bits per heavy atom. The third-order valence-electron chi connectivity index (χ3n) is 3.55. The molecule has 0 amide bonds. The van der Waals surface area contributed by atoms with E-state index in [1.165, 1.54) is 0 Å². The van der Waals surface area contributed by atoms with E-state index in [9.17, 15) is 20.1 Å². The Bertz CT molecular complexity index is 356. The summed E-state index contributed by atoms with van der Waals surface area (Å²) in [6.45, 7) is -0.552. The molecule has 10 heteroatoms. The van der Waals surface area contributed by atoms with Gasteiger partial charge in [-0.2, -0.15) is 0 Å². The normalized spacial score (nSPS) is 35.1. The number of carbonyl (C=O) groups is 1. The molecule has 1 fully saturated rings. The number of carboxylic acid groups (broad SMARTS) is 1. The summed E-state index contributed by atoms with van der Waals surface area (Å²) in [5.74, 6) is -1.15. The molecule has 2 unspecified atom stereocenters. The molecule has 1 heterocycles. The first-order valence-electron chi connectivity index (χ1n) is 6.96. The average Bonchev–Trinajstić information content (AvgIpc) is 2.50. The summed E-state index contributed by atoms with van der Waals surface area (Å²) in [5, 5.41) is 46.9. The number of hydrogen-bond acceptors (Lipinski definition) is 9. The van der Waals surface area contributed by atoms with Gasteiger partial charge in [-0.1, -0.05) is 0 Å². The van der Waals surface area contributed by atoms with Gasteiger partial charge in [0, 0.05) is 6.54 Å². The molecule has 0 saturated carbocycles. The standard InChI is InChI=1S/C12H24N2O8/c13-3-5(1-2-6(14)11(19)20)21-12-10(18)9(17)8(16)7(4-15)22-12/h5-10,12,15-18H,1-4,13-14H2,(H,19,20)/t5-,6-,7?,8+,9+,10?,12-/m1/s1. The topological polar surface area (TPSA) is 189 Å². The Morgan fingerprint density at radius 2 is 1.82 bits per heavy atom. The van der Waals surface area contributed by atoms with Crippen molar-refractivity contribution in [1.29, 1.82) is 0 Å². The first-order chi connectivity index (χ1) is 10.3. The molecule has 0 aliphatic carbocycles. The number of aliphatic hydroxyl groups is 4. The van der Waals surface area contributed by atoms with Gasteiger partial charge in [0.15, 0.2) is 6.29 Å². The van der Waals surface area contributed by atoms with Crippen LogP contribution in [-0.4, -0.2) is 87.5 Å².